The van der Waals surface area contributed by atoms with Gasteiger partial charge in [-0.15, -0.1) is 0 Å². The van der Waals surface area contributed by atoms with Crippen molar-refractivity contribution in [1.29, 1.82) is 0 Å². The van der Waals surface area contributed by atoms with Gasteiger partial charge in [0.25, 0.3) is 0 Å². The number of carbonyl (C=O) groups excluding carboxylic acids is 1. The Hall–Kier alpha value is -0.790. The predicted molar refractivity (Wildman–Crippen MR) is 49.9 cm³/mol. The standard InChI is InChI=1S/C10H18O2/c1-3-4-5-6-7-8-9-12-10(2)11/h4-5H,3,6-9H2,1-2H3/b5-4-. The summed E-state index contributed by atoms with van der Waals surface area (Å²) >= 11 is 0. The Kier molecular flexibility index (Phi) is 7.76. The van der Waals surface area contributed by atoms with Gasteiger partial charge in [0.05, 0.1) is 6.61 Å². The summed E-state index contributed by atoms with van der Waals surface area (Å²) in [5, 5.41) is 0. The van der Waals surface area contributed by atoms with Crippen molar-refractivity contribution in [1.82, 2.24) is 0 Å². The molecule has 0 aromatic heterocycles. The molecule has 0 aliphatic rings. The molecule has 0 spiro atoms. The lowest BCUT2D eigenvalue weighted by atomic mass is 10.2. The van der Waals surface area contributed by atoms with E-state index in [1.807, 2.05) is 0 Å². The second-order valence-electron chi connectivity index (χ2n) is 2.72. The van der Waals surface area contributed by atoms with Crippen molar-refractivity contribution in [3.63, 3.8) is 0 Å². The van der Waals surface area contributed by atoms with E-state index in [4.69, 9.17) is 4.74 Å². The molecule has 0 radical (unpaired) electrons. The third kappa shape index (κ3) is 9.21. The van der Waals surface area contributed by atoms with Crippen LogP contribution in [0, 0.1) is 0 Å². The maximum atomic E-state index is 10.3. The molecule has 0 amide bonds. The van der Waals surface area contributed by atoms with Crippen molar-refractivity contribution in [2.75, 3.05) is 6.61 Å². The van der Waals surface area contributed by atoms with E-state index >= 15 is 0 Å². The highest BCUT2D eigenvalue weighted by Crippen LogP contribution is 1.97. The van der Waals surface area contributed by atoms with Crippen molar-refractivity contribution in [2.24, 2.45) is 0 Å². The fourth-order valence-corrected chi connectivity index (χ4v) is 0.865. The van der Waals surface area contributed by atoms with E-state index in [2.05, 4.69) is 19.1 Å². The van der Waals surface area contributed by atoms with Gasteiger partial charge < -0.3 is 4.74 Å². The molecule has 0 aromatic carbocycles. The van der Waals surface area contributed by atoms with Crippen LogP contribution in [0.3, 0.4) is 0 Å². The lowest BCUT2D eigenvalue weighted by Crippen LogP contribution is -1.99. The fourth-order valence-electron chi connectivity index (χ4n) is 0.865. The van der Waals surface area contributed by atoms with Crippen LogP contribution in [0.25, 0.3) is 0 Å². The maximum Gasteiger partial charge on any atom is 0.302 e. The largest absolute Gasteiger partial charge is 0.466 e. The van der Waals surface area contributed by atoms with Gasteiger partial charge >= 0.3 is 5.97 Å². The van der Waals surface area contributed by atoms with Gasteiger partial charge in [-0.2, -0.15) is 0 Å². The number of allylic oxidation sites excluding steroid dienone is 2. The van der Waals surface area contributed by atoms with Gasteiger partial charge in [0, 0.05) is 6.92 Å². The number of hydrogen-bond acceptors (Lipinski definition) is 2. The van der Waals surface area contributed by atoms with Crippen molar-refractivity contribution < 1.29 is 9.53 Å². The van der Waals surface area contributed by atoms with E-state index in [-0.39, 0.29) is 5.97 Å². The van der Waals surface area contributed by atoms with E-state index < -0.39 is 0 Å². The van der Waals surface area contributed by atoms with Crippen molar-refractivity contribution in [3.05, 3.63) is 12.2 Å². The van der Waals surface area contributed by atoms with Gasteiger partial charge in [-0.25, -0.2) is 0 Å². The number of carbonyl (C=O) groups is 1. The first kappa shape index (κ1) is 11.2. The highest BCUT2D eigenvalue weighted by Gasteiger charge is 1.90. The van der Waals surface area contributed by atoms with Gasteiger partial charge in [0.15, 0.2) is 0 Å². The third-order valence-corrected chi connectivity index (χ3v) is 1.47. The Balaban J connectivity index is 3.00. The number of esters is 1. The molecular formula is C10H18O2. The predicted octanol–water partition coefficient (Wildman–Crippen LogP) is 2.69. The first-order chi connectivity index (χ1) is 5.77. The average Bonchev–Trinajstić information content (AvgIpc) is 2.02. The molecule has 0 rings (SSSR count). The molecule has 0 aliphatic heterocycles. The van der Waals surface area contributed by atoms with E-state index in [1.54, 1.807) is 0 Å². The molecule has 0 fully saturated rings. The molecule has 0 bridgehead atoms. The van der Waals surface area contributed by atoms with Crippen LogP contribution in [0.2, 0.25) is 0 Å². The Labute approximate surface area is 74.6 Å². The molecule has 70 valence electrons. The molecule has 0 N–H and O–H groups in total. The molecule has 0 saturated heterocycles. The zero-order valence-electron chi connectivity index (χ0n) is 8.01. The Morgan fingerprint density at radius 1 is 1.33 bits per heavy atom. The van der Waals surface area contributed by atoms with Gasteiger partial charge in [-0.1, -0.05) is 19.1 Å². The van der Waals surface area contributed by atoms with E-state index in [0.29, 0.717) is 6.61 Å². The number of rotatable bonds is 6. The minimum atomic E-state index is -0.181. The average molecular weight is 170 g/mol. The van der Waals surface area contributed by atoms with Crippen LogP contribution in [-0.2, 0) is 9.53 Å². The minimum Gasteiger partial charge on any atom is -0.466 e. The van der Waals surface area contributed by atoms with Crippen LogP contribution in [0.1, 0.15) is 39.5 Å². The Bertz CT molecular complexity index is 139. The van der Waals surface area contributed by atoms with Gasteiger partial charge in [0.1, 0.15) is 0 Å². The van der Waals surface area contributed by atoms with Crippen LogP contribution in [0.15, 0.2) is 12.2 Å². The molecule has 0 atom stereocenters. The second-order valence-corrected chi connectivity index (χ2v) is 2.72. The van der Waals surface area contributed by atoms with E-state index in [9.17, 15) is 4.79 Å². The van der Waals surface area contributed by atoms with Crippen molar-refractivity contribution in [2.45, 2.75) is 39.5 Å². The number of ether oxygens (including phenoxy) is 1. The number of hydrogen-bond donors (Lipinski definition) is 0. The zero-order valence-corrected chi connectivity index (χ0v) is 8.01. The summed E-state index contributed by atoms with van der Waals surface area (Å²) in [5.41, 5.74) is 0. The molecule has 0 unspecified atom stereocenters. The normalized spacial score (nSPS) is 10.5. The van der Waals surface area contributed by atoms with Crippen LogP contribution in [-0.4, -0.2) is 12.6 Å². The summed E-state index contributed by atoms with van der Waals surface area (Å²) < 4.78 is 4.79. The summed E-state index contributed by atoms with van der Waals surface area (Å²) in [6, 6.07) is 0. The third-order valence-electron chi connectivity index (χ3n) is 1.47. The first-order valence-electron chi connectivity index (χ1n) is 4.55. The SMILES string of the molecule is CC/C=C\CCCCOC(C)=O. The molecule has 2 nitrogen and oxygen atoms in total. The second kappa shape index (κ2) is 8.31. The summed E-state index contributed by atoms with van der Waals surface area (Å²) in [5.74, 6) is -0.181. The molecule has 0 heterocycles. The molecule has 0 aliphatic carbocycles. The van der Waals surface area contributed by atoms with Crippen LogP contribution < -0.4 is 0 Å². The van der Waals surface area contributed by atoms with Gasteiger partial charge in [0.2, 0.25) is 0 Å². The molecule has 2 heteroatoms. The molecule has 0 saturated carbocycles. The van der Waals surface area contributed by atoms with Gasteiger partial charge in [-0.05, 0) is 25.7 Å². The highest BCUT2D eigenvalue weighted by molar-refractivity contribution is 5.65. The molecule has 0 aromatic rings. The zero-order chi connectivity index (χ0) is 9.23. The minimum absolute atomic E-state index is 0.181. The number of unbranched alkanes of at least 4 members (excludes halogenated alkanes) is 2. The highest BCUT2D eigenvalue weighted by atomic mass is 16.5. The monoisotopic (exact) mass is 170 g/mol. The van der Waals surface area contributed by atoms with E-state index in [0.717, 1.165) is 25.7 Å². The lowest BCUT2D eigenvalue weighted by molar-refractivity contribution is -0.141. The summed E-state index contributed by atoms with van der Waals surface area (Å²) in [6.45, 7) is 4.13. The maximum absolute atomic E-state index is 10.3. The lowest BCUT2D eigenvalue weighted by Gasteiger charge is -1.98. The molecular weight excluding hydrogens is 152 g/mol. The van der Waals surface area contributed by atoms with E-state index in [1.165, 1.54) is 6.92 Å². The fraction of sp³-hybridized carbons (Fsp3) is 0.700. The van der Waals surface area contributed by atoms with Crippen LogP contribution in [0.4, 0.5) is 0 Å². The van der Waals surface area contributed by atoms with Crippen LogP contribution >= 0.6 is 0 Å². The smallest absolute Gasteiger partial charge is 0.302 e. The topological polar surface area (TPSA) is 26.3 Å². The van der Waals surface area contributed by atoms with Crippen LogP contribution in [0.5, 0.6) is 0 Å². The van der Waals surface area contributed by atoms with Crippen molar-refractivity contribution in [3.8, 4) is 0 Å². The quantitative estimate of drug-likeness (QED) is 0.348. The van der Waals surface area contributed by atoms with Crippen molar-refractivity contribution >= 4 is 5.97 Å². The summed E-state index contributed by atoms with van der Waals surface area (Å²) in [4.78, 5) is 10.3. The Morgan fingerprint density at radius 3 is 2.67 bits per heavy atom. The summed E-state index contributed by atoms with van der Waals surface area (Å²) in [7, 11) is 0. The first-order valence-corrected chi connectivity index (χ1v) is 4.55. The Morgan fingerprint density at radius 2 is 2.08 bits per heavy atom. The summed E-state index contributed by atoms with van der Waals surface area (Å²) in [6.07, 6.45) is 8.59. The molecule has 12 heavy (non-hydrogen) atoms. The van der Waals surface area contributed by atoms with Gasteiger partial charge in [-0.3, -0.25) is 4.79 Å².